The minimum atomic E-state index is -3.50. The lowest BCUT2D eigenvalue weighted by molar-refractivity contribution is -0.118. The Balaban J connectivity index is 2.08. The maximum Gasteiger partial charge on any atom is 0.242 e. The number of methoxy groups -OCH3 is 1. The molecule has 6 nitrogen and oxygen atoms in total. The van der Waals surface area contributed by atoms with E-state index in [1.165, 1.54) is 9.21 Å². The number of rotatable bonds is 8. The van der Waals surface area contributed by atoms with Crippen molar-refractivity contribution in [1.82, 2.24) is 4.31 Å². The van der Waals surface area contributed by atoms with E-state index < -0.39 is 10.0 Å². The van der Waals surface area contributed by atoms with E-state index in [0.29, 0.717) is 17.9 Å². The average Bonchev–Trinajstić information content (AvgIpc) is 2.64. The van der Waals surface area contributed by atoms with E-state index in [1.807, 2.05) is 30.3 Å². The molecule has 1 amide bonds. The number of sulfonamides is 1. The lowest BCUT2D eigenvalue weighted by atomic mass is 10.1. The number of hydrogen-bond donors (Lipinski definition) is 0. The van der Waals surface area contributed by atoms with Crippen LogP contribution < -0.4 is 9.64 Å². The van der Waals surface area contributed by atoms with E-state index in [9.17, 15) is 13.2 Å². The van der Waals surface area contributed by atoms with E-state index >= 15 is 0 Å². The minimum absolute atomic E-state index is 0.209. The summed E-state index contributed by atoms with van der Waals surface area (Å²) < 4.78 is 30.5. The van der Waals surface area contributed by atoms with Gasteiger partial charge in [-0.15, -0.1) is 0 Å². The molecule has 0 fully saturated rings. The van der Waals surface area contributed by atoms with Crippen LogP contribution >= 0.6 is 0 Å². The number of ether oxygens (including phenoxy) is 1. The Morgan fingerprint density at radius 3 is 2.38 bits per heavy atom. The predicted octanol–water partition coefficient (Wildman–Crippen LogP) is 2.16. The van der Waals surface area contributed by atoms with Crippen molar-refractivity contribution >= 4 is 21.6 Å². The predicted molar refractivity (Wildman–Crippen MR) is 103 cm³/mol. The van der Waals surface area contributed by atoms with Gasteiger partial charge in [0.1, 0.15) is 5.75 Å². The van der Waals surface area contributed by atoms with Crippen molar-refractivity contribution in [3.05, 3.63) is 60.2 Å². The van der Waals surface area contributed by atoms with Crippen LogP contribution in [0.25, 0.3) is 0 Å². The second-order valence-electron chi connectivity index (χ2n) is 5.99. The quantitative estimate of drug-likeness (QED) is 0.708. The number of nitrogens with zero attached hydrogens (tertiary/aromatic N) is 2. The second kappa shape index (κ2) is 8.82. The standard InChI is InChI=1S/C19H24N2O4S/c1-20(17-10-7-11-18(14-17)25-2)19(22)15-21(26(3,23)24)13-12-16-8-5-4-6-9-16/h4-11,14H,12-13,15H2,1-3H3. The summed E-state index contributed by atoms with van der Waals surface area (Å²) in [6.07, 6.45) is 1.67. The van der Waals surface area contributed by atoms with Crippen molar-refractivity contribution in [3.63, 3.8) is 0 Å². The van der Waals surface area contributed by atoms with E-state index in [4.69, 9.17) is 4.74 Å². The highest BCUT2D eigenvalue weighted by Crippen LogP contribution is 2.20. The third kappa shape index (κ3) is 5.57. The summed E-state index contributed by atoms with van der Waals surface area (Å²) in [5, 5.41) is 0. The van der Waals surface area contributed by atoms with Gasteiger partial charge in [0.2, 0.25) is 15.9 Å². The summed E-state index contributed by atoms with van der Waals surface area (Å²) in [4.78, 5) is 14.0. The van der Waals surface area contributed by atoms with Gasteiger partial charge in [-0.1, -0.05) is 36.4 Å². The topological polar surface area (TPSA) is 66.9 Å². The first kappa shape index (κ1) is 19.9. The van der Waals surface area contributed by atoms with Crippen molar-refractivity contribution in [2.24, 2.45) is 0 Å². The van der Waals surface area contributed by atoms with Gasteiger partial charge in [-0.25, -0.2) is 8.42 Å². The Labute approximate surface area is 155 Å². The smallest absolute Gasteiger partial charge is 0.242 e. The number of amides is 1. The molecule has 140 valence electrons. The fraction of sp³-hybridized carbons (Fsp3) is 0.316. The summed E-state index contributed by atoms with van der Waals surface area (Å²) in [6, 6.07) is 16.7. The van der Waals surface area contributed by atoms with Crippen molar-refractivity contribution in [1.29, 1.82) is 0 Å². The number of likely N-dealkylation sites (N-methyl/N-ethyl adjacent to an activating group) is 1. The first-order valence-electron chi connectivity index (χ1n) is 8.21. The van der Waals surface area contributed by atoms with Crippen LogP contribution in [0.5, 0.6) is 5.75 Å². The highest BCUT2D eigenvalue weighted by molar-refractivity contribution is 7.88. The maximum absolute atomic E-state index is 12.6. The molecule has 0 bridgehead atoms. The Kier molecular flexibility index (Phi) is 6.76. The van der Waals surface area contributed by atoms with Gasteiger partial charge in [-0.2, -0.15) is 4.31 Å². The Morgan fingerprint density at radius 2 is 1.77 bits per heavy atom. The van der Waals surface area contributed by atoms with Gasteiger partial charge in [-0.3, -0.25) is 4.79 Å². The Morgan fingerprint density at radius 1 is 1.08 bits per heavy atom. The molecule has 26 heavy (non-hydrogen) atoms. The first-order chi connectivity index (χ1) is 12.3. The zero-order valence-electron chi connectivity index (χ0n) is 15.3. The first-order valence-corrected chi connectivity index (χ1v) is 10.1. The van der Waals surface area contributed by atoms with Gasteiger partial charge in [0.05, 0.1) is 19.9 Å². The molecule has 0 aliphatic heterocycles. The molecule has 0 saturated carbocycles. The Bertz CT molecular complexity index is 838. The fourth-order valence-electron chi connectivity index (χ4n) is 2.48. The monoisotopic (exact) mass is 376 g/mol. The average molecular weight is 376 g/mol. The normalized spacial score (nSPS) is 11.4. The van der Waals surface area contributed by atoms with Gasteiger partial charge in [-0.05, 0) is 24.1 Å². The van der Waals surface area contributed by atoms with Crippen molar-refractivity contribution in [2.45, 2.75) is 6.42 Å². The van der Waals surface area contributed by atoms with Gasteiger partial charge in [0.25, 0.3) is 0 Å². The van der Waals surface area contributed by atoms with E-state index in [0.717, 1.165) is 11.8 Å². The summed E-state index contributed by atoms with van der Waals surface area (Å²) in [5.74, 6) is 0.322. The number of carbonyl (C=O) groups excluding carboxylic acids is 1. The summed E-state index contributed by atoms with van der Waals surface area (Å²) in [7, 11) is -0.326. The van der Waals surface area contributed by atoms with E-state index in [-0.39, 0.29) is 19.0 Å². The van der Waals surface area contributed by atoms with Crippen molar-refractivity contribution in [3.8, 4) is 5.75 Å². The molecule has 0 N–H and O–H groups in total. The van der Waals surface area contributed by atoms with Crippen LogP contribution in [0, 0.1) is 0 Å². The molecular formula is C19H24N2O4S. The SMILES string of the molecule is COc1cccc(N(C)C(=O)CN(CCc2ccccc2)S(C)(=O)=O)c1. The third-order valence-electron chi connectivity index (χ3n) is 4.09. The summed E-state index contributed by atoms with van der Waals surface area (Å²) in [6.45, 7) is 0.0416. The molecule has 0 aliphatic rings. The highest BCUT2D eigenvalue weighted by atomic mass is 32.2. The highest BCUT2D eigenvalue weighted by Gasteiger charge is 2.22. The molecule has 0 aromatic heterocycles. The zero-order chi connectivity index (χ0) is 19.2. The van der Waals surface area contributed by atoms with Gasteiger partial charge in [0, 0.05) is 25.3 Å². The van der Waals surface area contributed by atoms with Crippen LogP contribution in [-0.4, -0.2) is 52.1 Å². The third-order valence-corrected chi connectivity index (χ3v) is 5.34. The van der Waals surface area contributed by atoms with Crippen LogP contribution in [0.2, 0.25) is 0 Å². The van der Waals surface area contributed by atoms with Crippen molar-refractivity contribution in [2.75, 3.05) is 38.4 Å². The molecule has 2 rings (SSSR count). The number of hydrogen-bond acceptors (Lipinski definition) is 4. The lowest BCUT2D eigenvalue weighted by Gasteiger charge is -2.24. The maximum atomic E-state index is 12.6. The second-order valence-corrected chi connectivity index (χ2v) is 7.97. The molecule has 0 radical (unpaired) electrons. The molecule has 0 saturated heterocycles. The Hall–Kier alpha value is -2.38. The van der Waals surface area contributed by atoms with Crippen molar-refractivity contribution < 1.29 is 17.9 Å². The molecule has 0 spiro atoms. The van der Waals surface area contributed by atoms with E-state index in [1.54, 1.807) is 38.4 Å². The molecule has 2 aromatic carbocycles. The van der Waals surface area contributed by atoms with Crippen LogP contribution in [0.1, 0.15) is 5.56 Å². The van der Waals surface area contributed by atoms with Crippen LogP contribution in [0.4, 0.5) is 5.69 Å². The molecule has 0 heterocycles. The van der Waals surface area contributed by atoms with Gasteiger partial charge >= 0.3 is 0 Å². The fourth-order valence-corrected chi connectivity index (χ4v) is 3.25. The summed E-state index contributed by atoms with van der Waals surface area (Å²) >= 11 is 0. The zero-order valence-corrected chi connectivity index (χ0v) is 16.1. The largest absolute Gasteiger partial charge is 0.497 e. The van der Waals surface area contributed by atoms with Gasteiger partial charge in [0.15, 0.2) is 0 Å². The lowest BCUT2D eigenvalue weighted by Crippen LogP contribution is -2.42. The molecule has 0 atom stereocenters. The molecule has 0 aliphatic carbocycles. The minimum Gasteiger partial charge on any atom is -0.497 e. The van der Waals surface area contributed by atoms with Crippen LogP contribution in [-0.2, 0) is 21.2 Å². The van der Waals surface area contributed by atoms with E-state index in [2.05, 4.69) is 0 Å². The van der Waals surface area contributed by atoms with Crippen LogP contribution in [0.3, 0.4) is 0 Å². The number of benzene rings is 2. The number of carbonyl (C=O) groups is 1. The number of anilines is 1. The van der Waals surface area contributed by atoms with Crippen LogP contribution in [0.15, 0.2) is 54.6 Å². The van der Waals surface area contributed by atoms with Gasteiger partial charge < -0.3 is 9.64 Å². The summed E-state index contributed by atoms with van der Waals surface area (Å²) in [5.41, 5.74) is 1.67. The molecule has 7 heteroatoms. The molecule has 2 aromatic rings. The molecular weight excluding hydrogens is 352 g/mol. The molecule has 0 unspecified atom stereocenters.